The standard InChI is InChI=1S/C10H11N3O2/c1-15-10(14)6-13-9-3-2-8(11)4-7(9)5-12-13/h2-5H,6,11H2,1H3. The van der Waals surface area contributed by atoms with Gasteiger partial charge in [-0.3, -0.25) is 9.48 Å². The third kappa shape index (κ3) is 1.76. The van der Waals surface area contributed by atoms with Gasteiger partial charge in [-0.25, -0.2) is 0 Å². The normalized spacial score (nSPS) is 10.5. The fourth-order valence-corrected chi connectivity index (χ4v) is 1.42. The average Bonchev–Trinajstić information content (AvgIpc) is 2.60. The molecule has 1 aromatic heterocycles. The van der Waals surface area contributed by atoms with Crippen LogP contribution in [0, 0.1) is 0 Å². The van der Waals surface area contributed by atoms with Crippen LogP contribution in [0.4, 0.5) is 5.69 Å². The summed E-state index contributed by atoms with van der Waals surface area (Å²) in [6.07, 6.45) is 1.68. The Morgan fingerprint density at radius 3 is 3.13 bits per heavy atom. The molecule has 2 aromatic rings. The molecular formula is C10H11N3O2. The summed E-state index contributed by atoms with van der Waals surface area (Å²) >= 11 is 0. The number of carbonyl (C=O) groups is 1. The van der Waals surface area contributed by atoms with Crippen LogP contribution in [0.2, 0.25) is 0 Å². The first-order valence-corrected chi connectivity index (χ1v) is 4.48. The van der Waals surface area contributed by atoms with E-state index in [1.165, 1.54) is 7.11 Å². The predicted octanol–water partition coefficient (Wildman–Crippen LogP) is 0.791. The van der Waals surface area contributed by atoms with Crippen LogP contribution in [-0.4, -0.2) is 22.9 Å². The highest BCUT2D eigenvalue weighted by atomic mass is 16.5. The van der Waals surface area contributed by atoms with Crippen molar-refractivity contribution in [3.63, 3.8) is 0 Å². The van der Waals surface area contributed by atoms with Crippen LogP contribution in [0.15, 0.2) is 24.4 Å². The van der Waals surface area contributed by atoms with Crippen molar-refractivity contribution in [1.29, 1.82) is 0 Å². The maximum Gasteiger partial charge on any atom is 0.327 e. The van der Waals surface area contributed by atoms with Gasteiger partial charge in [0.1, 0.15) is 6.54 Å². The number of benzene rings is 1. The molecule has 0 radical (unpaired) electrons. The Morgan fingerprint density at radius 1 is 1.60 bits per heavy atom. The third-order valence-corrected chi connectivity index (χ3v) is 2.17. The van der Waals surface area contributed by atoms with E-state index in [4.69, 9.17) is 5.73 Å². The Hall–Kier alpha value is -2.04. The lowest BCUT2D eigenvalue weighted by molar-refractivity contribution is -0.141. The molecule has 0 atom stereocenters. The number of fused-ring (bicyclic) bond motifs is 1. The zero-order valence-electron chi connectivity index (χ0n) is 8.30. The number of ether oxygens (including phenoxy) is 1. The van der Waals surface area contributed by atoms with Crippen molar-refractivity contribution in [2.45, 2.75) is 6.54 Å². The minimum absolute atomic E-state index is 0.115. The topological polar surface area (TPSA) is 70.1 Å². The zero-order chi connectivity index (χ0) is 10.8. The monoisotopic (exact) mass is 205 g/mol. The molecule has 0 aliphatic heterocycles. The lowest BCUT2D eigenvalue weighted by Gasteiger charge is -2.01. The van der Waals surface area contributed by atoms with Crippen molar-refractivity contribution in [2.75, 3.05) is 12.8 Å². The predicted molar refractivity (Wildman–Crippen MR) is 56.2 cm³/mol. The van der Waals surface area contributed by atoms with E-state index in [2.05, 4.69) is 9.84 Å². The van der Waals surface area contributed by atoms with Gasteiger partial charge in [0.25, 0.3) is 0 Å². The largest absolute Gasteiger partial charge is 0.468 e. The van der Waals surface area contributed by atoms with E-state index in [0.29, 0.717) is 5.69 Å². The summed E-state index contributed by atoms with van der Waals surface area (Å²) in [5, 5.41) is 5.00. The number of nitrogen functional groups attached to an aromatic ring is 1. The molecule has 0 saturated carbocycles. The van der Waals surface area contributed by atoms with Gasteiger partial charge in [0.15, 0.2) is 0 Å². The maximum atomic E-state index is 11.1. The van der Waals surface area contributed by atoms with Gasteiger partial charge in [0.2, 0.25) is 0 Å². The van der Waals surface area contributed by atoms with Gasteiger partial charge in [-0.05, 0) is 18.2 Å². The number of nitrogens with two attached hydrogens (primary N) is 1. The van der Waals surface area contributed by atoms with Crippen molar-refractivity contribution >= 4 is 22.6 Å². The molecule has 1 aromatic carbocycles. The van der Waals surface area contributed by atoms with E-state index >= 15 is 0 Å². The number of aromatic nitrogens is 2. The molecule has 0 aliphatic carbocycles. The van der Waals surface area contributed by atoms with E-state index in [1.807, 2.05) is 12.1 Å². The molecule has 78 valence electrons. The Morgan fingerprint density at radius 2 is 2.40 bits per heavy atom. The van der Waals surface area contributed by atoms with Gasteiger partial charge in [-0.2, -0.15) is 5.10 Å². The summed E-state index contributed by atoms with van der Waals surface area (Å²) in [6, 6.07) is 5.43. The van der Waals surface area contributed by atoms with E-state index < -0.39 is 0 Å². The Bertz CT molecular complexity index is 504. The molecule has 0 bridgehead atoms. The van der Waals surface area contributed by atoms with Crippen LogP contribution in [0.3, 0.4) is 0 Å². The number of rotatable bonds is 2. The molecule has 2 N–H and O–H groups in total. The summed E-state index contributed by atoms with van der Waals surface area (Å²) in [7, 11) is 1.35. The summed E-state index contributed by atoms with van der Waals surface area (Å²) in [5.74, 6) is -0.322. The highest BCUT2D eigenvalue weighted by molar-refractivity contribution is 5.83. The van der Waals surface area contributed by atoms with Crippen molar-refractivity contribution in [3.05, 3.63) is 24.4 Å². The van der Waals surface area contributed by atoms with Crippen LogP contribution >= 0.6 is 0 Å². The number of anilines is 1. The van der Waals surface area contributed by atoms with Gasteiger partial charge in [-0.1, -0.05) is 0 Å². The van der Waals surface area contributed by atoms with Crippen LogP contribution < -0.4 is 5.73 Å². The van der Waals surface area contributed by atoms with Gasteiger partial charge < -0.3 is 10.5 Å². The lowest BCUT2D eigenvalue weighted by Crippen LogP contribution is -2.12. The van der Waals surface area contributed by atoms with E-state index in [9.17, 15) is 4.79 Å². The van der Waals surface area contributed by atoms with Crippen LogP contribution in [0.1, 0.15) is 0 Å². The number of hydrogen-bond donors (Lipinski definition) is 1. The van der Waals surface area contributed by atoms with Gasteiger partial charge >= 0.3 is 5.97 Å². The Kier molecular flexibility index (Phi) is 2.29. The Labute approximate surface area is 86.4 Å². The van der Waals surface area contributed by atoms with Gasteiger partial charge in [0.05, 0.1) is 18.8 Å². The summed E-state index contributed by atoms with van der Waals surface area (Å²) in [6.45, 7) is 0.115. The average molecular weight is 205 g/mol. The first-order chi connectivity index (χ1) is 7.20. The molecule has 0 saturated heterocycles. The number of carbonyl (C=O) groups excluding carboxylic acids is 1. The highest BCUT2D eigenvalue weighted by Gasteiger charge is 2.07. The Balaban J connectivity index is 2.41. The number of esters is 1. The number of nitrogens with zero attached hydrogens (tertiary/aromatic N) is 2. The van der Waals surface area contributed by atoms with Crippen molar-refractivity contribution in [1.82, 2.24) is 9.78 Å². The summed E-state index contributed by atoms with van der Waals surface area (Å²) in [5.41, 5.74) is 7.18. The fraction of sp³-hybridized carbons (Fsp3) is 0.200. The minimum Gasteiger partial charge on any atom is -0.468 e. The second-order valence-electron chi connectivity index (χ2n) is 3.20. The van der Waals surface area contributed by atoms with Crippen molar-refractivity contribution in [3.8, 4) is 0 Å². The van der Waals surface area contributed by atoms with Crippen LogP contribution in [-0.2, 0) is 16.1 Å². The first-order valence-electron chi connectivity index (χ1n) is 4.48. The summed E-state index contributed by atoms with van der Waals surface area (Å²) in [4.78, 5) is 11.1. The molecule has 0 spiro atoms. The van der Waals surface area contributed by atoms with Crippen molar-refractivity contribution in [2.24, 2.45) is 0 Å². The van der Waals surface area contributed by atoms with Gasteiger partial charge in [-0.15, -0.1) is 0 Å². The molecular weight excluding hydrogens is 194 g/mol. The smallest absolute Gasteiger partial charge is 0.327 e. The number of hydrogen-bond acceptors (Lipinski definition) is 4. The minimum atomic E-state index is -0.322. The van der Waals surface area contributed by atoms with Crippen molar-refractivity contribution < 1.29 is 9.53 Å². The lowest BCUT2D eigenvalue weighted by atomic mass is 10.2. The molecule has 5 nitrogen and oxygen atoms in total. The van der Waals surface area contributed by atoms with E-state index in [-0.39, 0.29) is 12.5 Å². The quantitative estimate of drug-likeness (QED) is 0.581. The summed E-state index contributed by atoms with van der Waals surface area (Å²) < 4.78 is 6.16. The second-order valence-corrected chi connectivity index (χ2v) is 3.20. The first kappa shape index (κ1) is 9.51. The molecule has 0 amide bonds. The fourth-order valence-electron chi connectivity index (χ4n) is 1.42. The molecule has 0 unspecified atom stereocenters. The van der Waals surface area contributed by atoms with Gasteiger partial charge in [0, 0.05) is 11.1 Å². The van der Waals surface area contributed by atoms with E-state index in [1.54, 1.807) is 16.9 Å². The van der Waals surface area contributed by atoms with E-state index in [0.717, 1.165) is 10.9 Å². The zero-order valence-corrected chi connectivity index (χ0v) is 8.30. The molecule has 1 heterocycles. The molecule has 0 fully saturated rings. The highest BCUT2D eigenvalue weighted by Crippen LogP contribution is 2.16. The molecule has 0 aliphatic rings. The van der Waals surface area contributed by atoms with Crippen LogP contribution in [0.5, 0.6) is 0 Å². The number of methoxy groups -OCH3 is 1. The molecule has 15 heavy (non-hydrogen) atoms. The SMILES string of the molecule is COC(=O)Cn1ncc2cc(N)ccc21. The van der Waals surface area contributed by atoms with Crippen LogP contribution in [0.25, 0.3) is 10.9 Å². The molecule has 2 rings (SSSR count). The third-order valence-electron chi connectivity index (χ3n) is 2.17. The second kappa shape index (κ2) is 3.61. The molecule has 5 heteroatoms. The maximum absolute atomic E-state index is 11.1.